The Labute approximate surface area is 117 Å². The van der Waals surface area contributed by atoms with Gasteiger partial charge in [-0.1, -0.05) is 34.6 Å². The molecule has 0 heterocycles. The first-order valence-electron chi connectivity index (χ1n) is 7.77. The van der Waals surface area contributed by atoms with E-state index in [-0.39, 0.29) is 17.5 Å². The Morgan fingerprint density at radius 3 is 2.32 bits per heavy atom. The second kappa shape index (κ2) is 5.08. The first-order valence-corrected chi connectivity index (χ1v) is 7.77. The van der Waals surface area contributed by atoms with Crippen molar-refractivity contribution < 1.29 is 9.53 Å². The van der Waals surface area contributed by atoms with Crippen molar-refractivity contribution in [3.8, 4) is 0 Å². The number of fused-ring (bicyclic) bond motifs is 2. The van der Waals surface area contributed by atoms with Crippen molar-refractivity contribution >= 4 is 5.97 Å². The van der Waals surface area contributed by atoms with Crippen LogP contribution in [0.1, 0.15) is 53.9 Å². The molecule has 3 heteroatoms. The molecule has 0 aliphatic heterocycles. The Kier molecular flexibility index (Phi) is 3.97. The predicted octanol–water partition coefficient (Wildman–Crippen LogP) is 3.09. The molecule has 0 aromatic carbocycles. The van der Waals surface area contributed by atoms with E-state index in [1.807, 2.05) is 0 Å². The molecule has 2 saturated carbocycles. The van der Waals surface area contributed by atoms with Crippen LogP contribution in [-0.2, 0) is 9.53 Å². The van der Waals surface area contributed by atoms with Gasteiger partial charge in [0.2, 0.25) is 0 Å². The number of ether oxygens (including phenoxy) is 1. The molecule has 2 rings (SSSR count). The maximum absolute atomic E-state index is 12.1. The fourth-order valence-corrected chi connectivity index (χ4v) is 4.13. The standard InChI is InChI=1S/C16H29NO2/c1-6-17(7-2)11-14(18)19-13-10-12-8-9-16(13,5)15(12,3)4/h12-13H,6-11H2,1-5H3/t12-,13-,16+/m1/s1. The number of nitrogens with zero attached hydrogens (tertiary/aromatic N) is 1. The Hall–Kier alpha value is -0.570. The molecule has 0 aromatic rings. The molecule has 19 heavy (non-hydrogen) atoms. The molecule has 2 aliphatic carbocycles. The number of hydrogen-bond donors (Lipinski definition) is 0. The van der Waals surface area contributed by atoms with Gasteiger partial charge in [0.25, 0.3) is 0 Å². The lowest BCUT2D eigenvalue weighted by atomic mass is 9.70. The van der Waals surface area contributed by atoms with Gasteiger partial charge in [-0.15, -0.1) is 0 Å². The molecule has 2 aliphatic rings. The number of esters is 1. The van der Waals surface area contributed by atoms with Crippen LogP contribution in [0, 0.1) is 16.7 Å². The molecular formula is C16H29NO2. The van der Waals surface area contributed by atoms with E-state index in [2.05, 4.69) is 39.5 Å². The van der Waals surface area contributed by atoms with Gasteiger partial charge in [0, 0.05) is 5.41 Å². The van der Waals surface area contributed by atoms with Gasteiger partial charge in [-0.3, -0.25) is 9.69 Å². The van der Waals surface area contributed by atoms with E-state index >= 15 is 0 Å². The number of carbonyl (C=O) groups excluding carboxylic acids is 1. The summed E-state index contributed by atoms with van der Waals surface area (Å²) < 4.78 is 5.84. The molecule has 3 nitrogen and oxygen atoms in total. The second-order valence-corrected chi connectivity index (χ2v) is 7.05. The average molecular weight is 267 g/mol. The molecule has 0 amide bonds. The lowest BCUT2D eigenvalue weighted by molar-refractivity contribution is -0.158. The molecule has 110 valence electrons. The van der Waals surface area contributed by atoms with Gasteiger partial charge in [0.05, 0.1) is 6.54 Å². The lowest BCUT2D eigenvalue weighted by Crippen LogP contribution is -2.40. The van der Waals surface area contributed by atoms with E-state index in [9.17, 15) is 4.79 Å². The first kappa shape index (κ1) is 14.8. The van der Waals surface area contributed by atoms with Gasteiger partial charge in [-0.2, -0.15) is 0 Å². The van der Waals surface area contributed by atoms with E-state index in [4.69, 9.17) is 4.74 Å². The first-order chi connectivity index (χ1) is 8.85. The second-order valence-electron chi connectivity index (χ2n) is 7.05. The highest BCUT2D eigenvalue weighted by atomic mass is 16.5. The quantitative estimate of drug-likeness (QED) is 0.717. The van der Waals surface area contributed by atoms with Crippen LogP contribution in [0.15, 0.2) is 0 Å². The zero-order chi connectivity index (χ0) is 14.3. The number of rotatable bonds is 5. The highest BCUT2D eigenvalue weighted by molar-refractivity contribution is 5.72. The summed E-state index contributed by atoms with van der Waals surface area (Å²) in [6.45, 7) is 13.4. The molecule has 2 fully saturated rings. The van der Waals surface area contributed by atoms with Crippen molar-refractivity contribution in [2.75, 3.05) is 19.6 Å². The summed E-state index contributed by atoms with van der Waals surface area (Å²) in [4.78, 5) is 14.2. The monoisotopic (exact) mass is 267 g/mol. The van der Waals surface area contributed by atoms with Crippen molar-refractivity contribution in [1.29, 1.82) is 0 Å². The summed E-state index contributed by atoms with van der Waals surface area (Å²) in [7, 11) is 0. The molecule has 0 aromatic heterocycles. The molecule has 3 atom stereocenters. The lowest BCUT2D eigenvalue weighted by Gasteiger charge is -2.38. The van der Waals surface area contributed by atoms with Crippen molar-refractivity contribution in [1.82, 2.24) is 4.90 Å². The third-order valence-electron chi connectivity index (χ3n) is 6.23. The van der Waals surface area contributed by atoms with E-state index in [0.717, 1.165) is 25.4 Å². The van der Waals surface area contributed by atoms with E-state index in [1.165, 1.54) is 12.8 Å². The van der Waals surface area contributed by atoms with Gasteiger partial charge in [-0.25, -0.2) is 0 Å². The minimum atomic E-state index is -0.0433. The van der Waals surface area contributed by atoms with E-state index < -0.39 is 0 Å². The summed E-state index contributed by atoms with van der Waals surface area (Å²) in [5.41, 5.74) is 0.490. The number of carbonyl (C=O) groups is 1. The summed E-state index contributed by atoms with van der Waals surface area (Å²) in [5, 5.41) is 0. The summed E-state index contributed by atoms with van der Waals surface area (Å²) in [6.07, 6.45) is 3.69. The smallest absolute Gasteiger partial charge is 0.320 e. The Bertz CT molecular complexity index is 349. The van der Waals surface area contributed by atoms with Crippen LogP contribution in [0.25, 0.3) is 0 Å². The van der Waals surface area contributed by atoms with Gasteiger partial charge >= 0.3 is 5.97 Å². The zero-order valence-electron chi connectivity index (χ0n) is 13.2. The molecule has 0 radical (unpaired) electrons. The van der Waals surface area contributed by atoms with Crippen LogP contribution < -0.4 is 0 Å². The molecule has 0 unspecified atom stereocenters. The predicted molar refractivity (Wildman–Crippen MR) is 76.9 cm³/mol. The highest BCUT2D eigenvalue weighted by Gasteiger charge is 2.62. The normalized spacial score (nSPS) is 35.9. The SMILES string of the molecule is CCN(CC)CC(=O)O[C@@H]1C[C@H]2CC[C@]1(C)C2(C)C. The fourth-order valence-electron chi connectivity index (χ4n) is 4.13. The topological polar surface area (TPSA) is 29.5 Å². The Morgan fingerprint density at radius 2 is 1.89 bits per heavy atom. The van der Waals surface area contributed by atoms with Gasteiger partial charge in [-0.05, 0) is 43.7 Å². The average Bonchev–Trinajstić information content (AvgIpc) is 2.69. The van der Waals surface area contributed by atoms with Crippen molar-refractivity contribution in [3.05, 3.63) is 0 Å². The van der Waals surface area contributed by atoms with E-state index in [1.54, 1.807) is 0 Å². The Morgan fingerprint density at radius 1 is 1.26 bits per heavy atom. The maximum atomic E-state index is 12.1. The molecule has 0 N–H and O–H groups in total. The molecule has 0 spiro atoms. The van der Waals surface area contributed by atoms with Crippen molar-refractivity contribution in [2.24, 2.45) is 16.7 Å². The van der Waals surface area contributed by atoms with Crippen LogP contribution in [0.5, 0.6) is 0 Å². The van der Waals surface area contributed by atoms with Gasteiger partial charge in [0.15, 0.2) is 0 Å². The summed E-state index contributed by atoms with van der Waals surface area (Å²) in [6, 6.07) is 0. The van der Waals surface area contributed by atoms with E-state index in [0.29, 0.717) is 12.0 Å². The van der Waals surface area contributed by atoms with Crippen LogP contribution in [0.2, 0.25) is 0 Å². The van der Waals surface area contributed by atoms with Crippen molar-refractivity contribution in [2.45, 2.75) is 60.0 Å². The van der Waals surface area contributed by atoms with Crippen LogP contribution in [0.3, 0.4) is 0 Å². The fraction of sp³-hybridized carbons (Fsp3) is 0.938. The van der Waals surface area contributed by atoms with Crippen LogP contribution >= 0.6 is 0 Å². The molecule has 0 saturated heterocycles. The largest absolute Gasteiger partial charge is 0.461 e. The van der Waals surface area contributed by atoms with Gasteiger partial charge < -0.3 is 4.74 Å². The minimum Gasteiger partial charge on any atom is -0.461 e. The summed E-state index contributed by atoms with van der Waals surface area (Å²) >= 11 is 0. The number of likely N-dealkylation sites (N-methyl/N-ethyl adjacent to an activating group) is 1. The number of hydrogen-bond acceptors (Lipinski definition) is 3. The zero-order valence-corrected chi connectivity index (χ0v) is 13.2. The van der Waals surface area contributed by atoms with Crippen LogP contribution in [-0.4, -0.2) is 36.6 Å². The Balaban J connectivity index is 1.96. The maximum Gasteiger partial charge on any atom is 0.320 e. The molecule has 2 bridgehead atoms. The third kappa shape index (κ3) is 2.31. The van der Waals surface area contributed by atoms with Crippen LogP contribution in [0.4, 0.5) is 0 Å². The summed E-state index contributed by atoms with van der Waals surface area (Å²) in [5.74, 6) is 0.682. The van der Waals surface area contributed by atoms with Gasteiger partial charge in [0.1, 0.15) is 6.10 Å². The third-order valence-corrected chi connectivity index (χ3v) is 6.23. The highest BCUT2D eigenvalue weighted by Crippen LogP contribution is 2.66. The molecular weight excluding hydrogens is 238 g/mol. The van der Waals surface area contributed by atoms with Crippen molar-refractivity contribution in [3.63, 3.8) is 0 Å². The minimum absolute atomic E-state index is 0.0433.